The molecular formula is C9H18O4. The van der Waals surface area contributed by atoms with Gasteiger partial charge in [-0.3, -0.25) is 0 Å². The van der Waals surface area contributed by atoms with Crippen molar-refractivity contribution >= 4 is 0 Å². The second kappa shape index (κ2) is 4.91. The molecule has 0 radical (unpaired) electrons. The van der Waals surface area contributed by atoms with Gasteiger partial charge in [-0.25, -0.2) is 0 Å². The van der Waals surface area contributed by atoms with E-state index in [2.05, 4.69) is 0 Å². The maximum absolute atomic E-state index is 9.47. The number of hydrogen-bond donors (Lipinski definition) is 2. The minimum absolute atomic E-state index is 0.259. The molecule has 0 saturated carbocycles. The summed E-state index contributed by atoms with van der Waals surface area (Å²) in [7, 11) is 0. The van der Waals surface area contributed by atoms with Gasteiger partial charge in [0.25, 0.3) is 0 Å². The summed E-state index contributed by atoms with van der Waals surface area (Å²) in [5, 5.41) is 18.8. The zero-order valence-electron chi connectivity index (χ0n) is 8.14. The van der Waals surface area contributed by atoms with Crippen LogP contribution in [0.2, 0.25) is 0 Å². The Hall–Kier alpha value is -0.160. The average Bonchev–Trinajstić information content (AvgIpc) is 2.09. The topological polar surface area (TPSA) is 58.9 Å². The van der Waals surface area contributed by atoms with Crippen molar-refractivity contribution in [2.75, 3.05) is 6.61 Å². The van der Waals surface area contributed by atoms with Crippen molar-refractivity contribution in [3.63, 3.8) is 0 Å². The van der Waals surface area contributed by atoms with Crippen LogP contribution in [0.4, 0.5) is 0 Å². The fourth-order valence-corrected chi connectivity index (χ4v) is 1.33. The summed E-state index contributed by atoms with van der Waals surface area (Å²) in [6.45, 7) is 4.34. The van der Waals surface area contributed by atoms with E-state index in [9.17, 15) is 10.2 Å². The van der Waals surface area contributed by atoms with Gasteiger partial charge in [-0.05, 0) is 13.3 Å². The lowest BCUT2D eigenvalue weighted by Crippen LogP contribution is -2.47. The van der Waals surface area contributed by atoms with Gasteiger partial charge in [0.2, 0.25) is 0 Å². The van der Waals surface area contributed by atoms with Gasteiger partial charge in [-0.15, -0.1) is 0 Å². The molecule has 0 aromatic heterocycles. The van der Waals surface area contributed by atoms with E-state index >= 15 is 0 Å². The highest BCUT2D eigenvalue weighted by Gasteiger charge is 2.34. The molecule has 0 bridgehead atoms. The van der Waals surface area contributed by atoms with Gasteiger partial charge in [0, 0.05) is 13.0 Å². The van der Waals surface area contributed by atoms with Gasteiger partial charge in [0.1, 0.15) is 6.10 Å². The summed E-state index contributed by atoms with van der Waals surface area (Å²) >= 11 is 0. The summed E-state index contributed by atoms with van der Waals surface area (Å²) in [5.41, 5.74) is 0. The van der Waals surface area contributed by atoms with Crippen LogP contribution in [-0.4, -0.2) is 41.4 Å². The second-order valence-electron chi connectivity index (χ2n) is 3.45. The SMILES string of the molecule is CCCO[C@@H]1OC(C)[C@H](O)C[C@@H]1O. The van der Waals surface area contributed by atoms with E-state index in [4.69, 9.17) is 9.47 Å². The lowest BCUT2D eigenvalue weighted by Gasteiger charge is -2.35. The van der Waals surface area contributed by atoms with Crippen molar-refractivity contribution in [1.82, 2.24) is 0 Å². The van der Waals surface area contributed by atoms with Crippen LogP contribution in [0.5, 0.6) is 0 Å². The lowest BCUT2D eigenvalue weighted by atomic mass is 10.0. The fourth-order valence-electron chi connectivity index (χ4n) is 1.33. The molecule has 4 atom stereocenters. The van der Waals surface area contributed by atoms with Gasteiger partial charge in [-0.1, -0.05) is 6.92 Å². The first kappa shape index (κ1) is 10.9. The van der Waals surface area contributed by atoms with Crippen molar-refractivity contribution in [3.05, 3.63) is 0 Å². The minimum Gasteiger partial charge on any atom is -0.390 e. The second-order valence-corrected chi connectivity index (χ2v) is 3.45. The van der Waals surface area contributed by atoms with E-state index in [0.717, 1.165) is 6.42 Å². The molecule has 1 fully saturated rings. The van der Waals surface area contributed by atoms with Gasteiger partial charge in [0.15, 0.2) is 6.29 Å². The zero-order chi connectivity index (χ0) is 9.84. The van der Waals surface area contributed by atoms with Crippen LogP contribution in [0.1, 0.15) is 26.7 Å². The Morgan fingerprint density at radius 3 is 2.69 bits per heavy atom. The summed E-state index contributed by atoms with van der Waals surface area (Å²) in [6.07, 6.45) is -0.906. The number of rotatable bonds is 3. The van der Waals surface area contributed by atoms with Crippen molar-refractivity contribution in [1.29, 1.82) is 0 Å². The molecule has 0 aromatic rings. The Bertz CT molecular complexity index is 151. The summed E-state index contributed by atoms with van der Waals surface area (Å²) in [5.74, 6) is 0. The van der Waals surface area contributed by atoms with Gasteiger partial charge in [-0.2, -0.15) is 0 Å². The molecule has 0 aliphatic carbocycles. The van der Waals surface area contributed by atoms with Gasteiger partial charge < -0.3 is 19.7 Å². The van der Waals surface area contributed by atoms with Crippen molar-refractivity contribution in [3.8, 4) is 0 Å². The molecule has 1 heterocycles. The molecule has 1 unspecified atom stereocenters. The molecule has 1 aliphatic heterocycles. The highest BCUT2D eigenvalue weighted by atomic mass is 16.7. The van der Waals surface area contributed by atoms with Crippen LogP contribution in [0.3, 0.4) is 0 Å². The Morgan fingerprint density at radius 1 is 1.38 bits per heavy atom. The molecule has 0 aromatic carbocycles. The monoisotopic (exact) mass is 190 g/mol. The first-order valence-corrected chi connectivity index (χ1v) is 4.78. The highest BCUT2D eigenvalue weighted by molar-refractivity contribution is 4.78. The predicted octanol–water partition coefficient (Wildman–Crippen LogP) is 0.270. The van der Waals surface area contributed by atoms with E-state index < -0.39 is 18.5 Å². The Labute approximate surface area is 78.5 Å². The maximum atomic E-state index is 9.47. The third-order valence-corrected chi connectivity index (χ3v) is 2.17. The Balaban J connectivity index is 2.37. The largest absolute Gasteiger partial charge is 0.390 e. The highest BCUT2D eigenvalue weighted by Crippen LogP contribution is 2.20. The van der Waals surface area contributed by atoms with E-state index in [1.165, 1.54) is 0 Å². The molecule has 0 spiro atoms. The first-order chi connectivity index (χ1) is 6.15. The third kappa shape index (κ3) is 2.91. The number of aliphatic hydroxyl groups excluding tert-OH is 2. The predicted molar refractivity (Wildman–Crippen MR) is 47.2 cm³/mol. The summed E-state index contributed by atoms with van der Waals surface area (Å²) < 4.78 is 10.6. The Kier molecular flexibility index (Phi) is 4.12. The molecule has 4 heteroatoms. The van der Waals surface area contributed by atoms with E-state index in [1.54, 1.807) is 6.92 Å². The van der Waals surface area contributed by atoms with Crippen LogP contribution >= 0.6 is 0 Å². The van der Waals surface area contributed by atoms with Crippen LogP contribution in [-0.2, 0) is 9.47 Å². The zero-order valence-corrected chi connectivity index (χ0v) is 8.14. The first-order valence-electron chi connectivity index (χ1n) is 4.78. The summed E-state index contributed by atoms with van der Waals surface area (Å²) in [6, 6.07) is 0. The maximum Gasteiger partial charge on any atom is 0.183 e. The van der Waals surface area contributed by atoms with Crippen molar-refractivity contribution < 1.29 is 19.7 Å². The van der Waals surface area contributed by atoms with Crippen LogP contribution < -0.4 is 0 Å². The van der Waals surface area contributed by atoms with Crippen molar-refractivity contribution in [2.24, 2.45) is 0 Å². The molecule has 2 N–H and O–H groups in total. The van der Waals surface area contributed by atoms with E-state index in [-0.39, 0.29) is 6.10 Å². The number of hydrogen-bond acceptors (Lipinski definition) is 4. The molecule has 1 rings (SSSR count). The Morgan fingerprint density at radius 2 is 2.08 bits per heavy atom. The van der Waals surface area contributed by atoms with Crippen LogP contribution in [0.15, 0.2) is 0 Å². The van der Waals surface area contributed by atoms with E-state index in [1.807, 2.05) is 6.92 Å². The fraction of sp³-hybridized carbons (Fsp3) is 1.00. The quantitative estimate of drug-likeness (QED) is 0.670. The van der Waals surface area contributed by atoms with Gasteiger partial charge >= 0.3 is 0 Å². The van der Waals surface area contributed by atoms with Crippen LogP contribution in [0, 0.1) is 0 Å². The third-order valence-electron chi connectivity index (χ3n) is 2.17. The number of aliphatic hydroxyl groups is 2. The van der Waals surface area contributed by atoms with Crippen LogP contribution in [0.25, 0.3) is 0 Å². The molecule has 0 amide bonds. The summed E-state index contributed by atoms with van der Waals surface area (Å²) in [4.78, 5) is 0. The average molecular weight is 190 g/mol. The smallest absolute Gasteiger partial charge is 0.183 e. The lowest BCUT2D eigenvalue weighted by molar-refractivity contribution is -0.260. The van der Waals surface area contributed by atoms with Crippen molar-refractivity contribution in [2.45, 2.75) is 51.3 Å². The minimum atomic E-state index is -0.710. The molecule has 1 saturated heterocycles. The molecule has 78 valence electrons. The normalized spacial score (nSPS) is 40.6. The van der Waals surface area contributed by atoms with E-state index in [0.29, 0.717) is 13.0 Å². The molecule has 4 nitrogen and oxygen atoms in total. The molecule has 1 aliphatic rings. The molecular weight excluding hydrogens is 172 g/mol. The van der Waals surface area contributed by atoms with Gasteiger partial charge in [0.05, 0.1) is 12.2 Å². The standard InChI is InChI=1S/C9H18O4/c1-3-4-12-9-8(11)5-7(10)6(2)13-9/h6-11H,3-5H2,1-2H3/t6?,7-,8+,9-/m1/s1. The number of ether oxygens (including phenoxy) is 2. The molecule has 13 heavy (non-hydrogen) atoms.